The van der Waals surface area contributed by atoms with E-state index in [-0.39, 0.29) is 23.1 Å². The number of carbonyl (C=O) groups excluding carboxylic acids is 1. The van der Waals surface area contributed by atoms with Gasteiger partial charge in [0.05, 0.1) is 11.9 Å². The topological polar surface area (TPSA) is 101 Å². The molecule has 3 aromatic rings. The van der Waals surface area contributed by atoms with Crippen molar-refractivity contribution < 1.29 is 13.9 Å². The van der Waals surface area contributed by atoms with Crippen LogP contribution in [0, 0.1) is 5.82 Å². The summed E-state index contributed by atoms with van der Waals surface area (Å²) in [6.07, 6.45) is 5.66. The van der Waals surface area contributed by atoms with Crippen molar-refractivity contribution in [1.29, 1.82) is 0 Å². The number of para-hydroxylation sites is 1. The van der Waals surface area contributed by atoms with Gasteiger partial charge in [-0.25, -0.2) is 14.4 Å². The zero-order valence-electron chi connectivity index (χ0n) is 17.7. The van der Waals surface area contributed by atoms with E-state index < -0.39 is 11.9 Å². The maximum atomic E-state index is 13.9. The second-order valence-corrected chi connectivity index (χ2v) is 7.65. The summed E-state index contributed by atoms with van der Waals surface area (Å²) in [4.78, 5) is 42.4. The highest BCUT2D eigenvalue weighted by Crippen LogP contribution is 2.28. The SMILES string of the molecule is CCC(Oc1ccccc1F)C(=O)N1CCC(c2cc(=O)[nH]c(-c3cnccn3)n2)CC1. The quantitative estimate of drug-likeness (QED) is 0.636. The van der Waals surface area contributed by atoms with Crippen LogP contribution in [0.1, 0.15) is 37.8 Å². The smallest absolute Gasteiger partial charge is 0.263 e. The standard InChI is InChI=1S/C23H24FN5O3/c1-2-19(32-20-6-4-3-5-16(20)24)23(31)29-11-7-15(8-12-29)17-13-21(30)28-22(27-17)18-14-25-9-10-26-18/h3-6,9-10,13-15,19H,2,7-8,11-12H2,1H3,(H,27,28,30). The summed E-state index contributed by atoms with van der Waals surface area (Å²) in [6.45, 7) is 2.86. The summed E-state index contributed by atoms with van der Waals surface area (Å²) >= 11 is 0. The molecule has 1 amide bonds. The minimum Gasteiger partial charge on any atom is -0.478 e. The maximum absolute atomic E-state index is 13.9. The van der Waals surface area contributed by atoms with E-state index in [1.807, 2.05) is 6.92 Å². The largest absolute Gasteiger partial charge is 0.478 e. The molecule has 2 aromatic heterocycles. The Kier molecular flexibility index (Phi) is 6.53. The fourth-order valence-electron chi connectivity index (χ4n) is 3.83. The van der Waals surface area contributed by atoms with E-state index in [1.54, 1.807) is 35.6 Å². The van der Waals surface area contributed by atoms with Gasteiger partial charge in [-0.3, -0.25) is 14.6 Å². The lowest BCUT2D eigenvalue weighted by Gasteiger charge is -2.34. The molecule has 4 rings (SSSR count). The number of halogens is 1. The first-order valence-electron chi connectivity index (χ1n) is 10.6. The third kappa shape index (κ3) is 4.82. The van der Waals surface area contributed by atoms with Crippen molar-refractivity contribution in [2.45, 2.75) is 38.2 Å². The monoisotopic (exact) mass is 437 g/mol. The highest BCUT2D eigenvalue weighted by atomic mass is 19.1. The van der Waals surface area contributed by atoms with Gasteiger partial charge in [0.1, 0.15) is 5.69 Å². The van der Waals surface area contributed by atoms with Gasteiger partial charge in [0.15, 0.2) is 23.5 Å². The van der Waals surface area contributed by atoms with Crippen LogP contribution in [-0.2, 0) is 4.79 Å². The fraction of sp³-hybridized carbons (Fsp3) is 0.348. The number of piperidine rings is 1. The van der Waals surface area contributed by atoms with Crippen LogP contribution in [0.25, 0.3) is 11.5 Å². The number of carbonyl (C=O) groups is 1. The van der Waals surface area contributed by atoms with Crippen LogP contribution in [-0.4, -0.2) is 49.9 Å². The van der Waals surface area contributed by atoms with Crippen molar-refractivity contribution in [2.24, 2.45) is 0 Å². The molecule has 0 aliphatic carbocycles. The van der Waals surface area contributed by atoms with Crippen molar-refractivity contribution in [2.75, 3.05) is 13.1 Å². The van der Waals surface area contributed by atoms with Gasteiger partial charge in [-0.15, -0.1) is 0 Å². The second kappa shape index (κ2) is 9.67. The number of likely N-dealkylation sites (tertiary alicyclic amines) is 1. The molecule has 0 bridgehead atoms. The lowest BCUT2D eigenvalue weighted by Crippen LogP contribution is -2.45. The molecule has 0 radical (unpaired) electrons. The molecule has 166 valence electrons. The van der Waals surface area contributed by atoms with E-state index >= 15 is 0 Å². The molecule has 1 aromatic carbocycles. The molecule has 1 aliphatic heterocycles. The van der Waals surface area contributed by atoms with Crippen LogP contribution in [0.15, 0.2) is 53.7 Å². The van der Waals surface area contributed by atoms with Crippen LogP contribution < -0.4 is 10.3 Å². The number of H-pyrrole nitrogens is 1. The lowest BCUT2D eigenvalue weighted by atomic mass is 9.93. The highest BCUT2D eigenvalue weighted by Gasteiger charge is 2.30. The molecule has 1 aliphatic rings. The minimum atomic E-state index is -0.746. The number of aromatic amines is 1. The molecule has 32 heavy (non-hydrogen) atoms. The van der Waals surface area contributed by atoms with Crippen LogP contribution >= 0.6 is 0 Å². The van der Waals surface area contributed by atoms with Gasteiger partial charge in [-0.2, -0.15) is 0 Å². The molecule has 1 fully saturated rings. The predicted molar refractivity (Wildman–Crippen MR) is 116 cm³/mol. The first-order chi connectivity index (χ1) is 15.5. The van der Waals surface area contributed by atoms with Crippen molar-refractivity contribution in [3.05, 3.63) is 70.8 Å². The average molecular weight is 437 g/mol. The van der Waals surface area contributed by atoms with Gasteiger partial charge in [0.25, 0.3) is 11.5 Å². The molecule has 0 spiro atoms. The maximum Gasteiger partial charge on any atom is 0.263 e. The molecule has 1 saturated heterocycles. The van der Waals surface area contributed by atoms with Crippen LogP contribution in [0.5, 0.6) is 5.75 Å². The Hall–Kier alpha value is -3.62. The normalized spacial score (nSPS) is 15.4. The molecule has 1 atom stereocenters. The van der Waals surface area contributed by atoms with E-state index in [0.29, 0.717) is 49.6 Å². The van der Waals surface area contributed by atoms with E-state index in [2.05, 4.69) is 19.9 Å². The summed E-state index contributed by atoms with van der Waals surface area (Å²) in [5, 5.41) is 0. The van der Waals surface area contributed by atoms with Crippen molar-refractivity contribution in [1.82, 2.24) is 24.8 Å². The second-order valence-electron chi connectivity index (χ2n) is 7.65. The summed E-state index contributed by atoms with van der Waals surface area (Å²) in [7, 11) is 0. The number of aromatic nitrogens is 4. The van der Waals surface area contributed by atoms with Gasteiger partial charge >= 0.3 is 0 Å². The lowest BCUT2D eigenvalue weighted by molar-refractivity contribution is -0.140. The minimum absolute atomic E-state index is 0.0457. The molecule has 1 N–H and O–H groups in total. The Balaban J connectivity index is 1.43. The van der Waals surface area contributed by atoms with E-state index in [4.69, 9.17) is 4.74 Å². The first kappa shape index (κ1) is 21.6. The average Bonchev–Trinajstić information content (AvgIpc) is 2.83. The number of ether oxygens (including phenoxy) is 1. The fourth-order valence-corrected chi connectivity index (χ4v) is 3.83. The Morgan fingerprint density at radius 2 is 2.06 bits per heavy atom. The van der Waals surface area contributed by atoms with Crippen molar-refractivity contribution >= 4 is 5.91 Å². The van der Waals surface area contributed by atoms with Gasteiger partial charge in [-0.05, 0) is 31.4 Å². The Labute approximate surface area is 184 Å². The third-order valence-corrected chi connectivity index (χ3v) is 5.54. The molecular weight excluding hydrogens is 413 g/mol. The van der Waals surface area contributed by atoms with Crippen LogP contribution in [0.2, 0.25) is 0 Å². The zero-order chi connectivity index (χ0) is 22.5. The Morgan fingerprint density at radius 3 is 2.75 bits per heavy atom. The third-order valence-electron chi connectivity index (χ3n) is 5.54. The number of nitrogens with zero attached hydrogens (tertiary/aromatic N) is 4. The molecular formula is C23H24FN5O3. The Morgan fingerprint density at radius 1 is 1.28 bits per heavy atom. The number of hydrogen-bond donors (Lipinski definition) is 1. The summed E-state index contributed by atoms with van der Waals surface area (Å²) < 4.78 is 19.6. The van der Waals surface area contributed by atoms with Gasteiger partial charge < -0.3 is 14.6 Å². The van der Waals surface area contributed by atoms with Crippen molar-refractivity contribution in [3.63, 3.8) is 0 Å². The van der Waals surface area contributed by atoms with E-state index in [9.17, 15) is 14.0 Å². The molecule has 8 nitrogen and oxygen atoms in total. The van der Waals surface area contributed by atoms with E-state index in [0.717, 1.165) is 0 Å². The number of nitrogens with one attached hydrogen (secondary N) is 1. The van der Waals surface area contributed by atoms with Crippen molar-refractivity contribution in [3.8, 4) is 17.3 Å². The molecule has 9 heteroatoms. The summed E-state index contributed by atoms with van der Waals surface area (Å²) in [6, 6.07) is 7.57. The van der Waals surface area contributed by atoms with Gasteiger partial charge in [0.2, 0.25) is 0 Å². The zero-order valence-corrected chi connectivity index (χ0v) is 17.7. The highest BCUT2D eigenvalue weighted by molar-refractivity contribution is 5.81. The van der Waals surface area contributed by atoms with Crippen LogP contribution in [0.3, 0.4) is 0 Å². The van der Waals surface area contributed by atoms with Crippen LogP contribution in [0.4, 0.5) is 4.39 Å². The predicted octanol–water partition coefficient (Wildman–Crippen LogP) is 2.93. The summed E-state index contributed by atoms with van der Waals surface area (Å²) in [5.74, 6) is -0.148. The molecule has 1 unspecified atom stereocenters. The van der Waals surface area contributed by atoms with E-state index in [1.165, 1.54) is 18.2 Å². The molecule has 0 saturated carbocycles. The van der Waals surface area contributed by atoms with Gasteiger partial charge in [0, 0.05) is 37.5 Å². The number of amides is 1. The molecule has 3 heterocycles. The summed E-state index contributed by atoms with van der Waals surface area (Å²) in [5.41, 5.74) is 0.921. The number of benzene rings is 1. The van der Waals surface area contributed by atoms with Gasteiger partial charge in [-0.1, -0.05) is 19.1 Å². The first-order valence-corrected chi connectivity index (χ1v) is 10.6. The number of rotatable bonds is 6. The Bertz CT molecular complexity index is 1130. The number of hydrogen-bond acceptors (Lipinski definition) is 6.